The van der Waals surface area contributed by atoms with E-state index in [-0.39, 0.29) is 5.88 Å². The number of rotatable bonds is 4. The summed E-state index contributed by atoms with van der Waals surface area (Å²) in [6, 6.07) is 8.90. The zero-order chi connectivity index (χ0) is 14.6. The average Bonchev–Trinajstić information content (AvgIpc) is 2.41. The Morgan fingerprint density at radius 3 is 2.65 bits per heavy atom. The predicted molar refractivity (Wildman–Crippen MR) is 68.5 cm³/mol. The SMILES string of the molecule is CNCc1ccccc1Oc1cc(C(F)(F)F)ccn1. The largest absolute Gasteiger partial charge is 0.439 e. The summed E-state index contributed by atoms with van der Waals surface area (Å²) in [4.78, 5) is 3.81. The highest BCUT2D eigenvalue weighted by Crippen LogP contribution is 2.32. The topological polar surface area (TPSA) is 34.1 Å². The van der Waals surface area contributed by atoms with Crippen LogP contribution in [0.5, 0.6) is 11.6 Å². The Labute approximate surface area is 114 Å². The van der Waals surface area contributed by atoms with Gasteiger partial charge in [0.25, 0.3) is 0 Å². The average molecular weight is 282 g/mol. The second kappa shape index (κ2) is 5.92. The predicted octanol–water partition coefficient (Wildman–Crippen LogP) is 3.61. The van der Waals surface area contributed by atoms with E-state index >= 15 is 0 Å². The van der Waals surface area contributed by atoms with E-state index in [0.717, 1.165) is 23.9 Å². The fraction of sp³-hybridized carbons (Fsp3) is 0.214. The van der Waals surface area contributed by atoms with E-state index in [1.54, 1.807) is 19.2 Å². The van der Waals surface area contributed by atoms with E-state index in [0.29, 0.717) is 12.3 Å². The van der Waals surface area contributed by atoms with Crippen LogP contribution in [-0.2, 0) is 12.7 Å². The number of nitrogens with zero attached hydrogens (tertiary/aromatic N) is 1. The number of alkyl halides is 3. The molecule has 0 aliphatic rings. The van der Waals surface area contributed by atoms with Crippen molar-refractivity contribution in [3.63, 3.8) is 0 Å². The van der Waals surface area contributed by atoms with Gasteiger partial charge < -0.3 is 10.1 Å². The molecule has 0 bridgehead atoms. The first-order valence-electron chi connectivity index (χ1n) is 5.94. The Kier molecular flexibility index (Phi) is 4.24. The molecular weight excluding hydrogens is 269 g/mol. The summed E-state index contributed by atoms with van der Waals surface area (Å²) in [5.41, 5.74) is 0.0582. The Balaban J connectivity index is 2.26. The molecule has 1 aromatic heterocycles. The lowest BCUT2D eigenvalue weighted by molar-refractivity contribution is -0.137. The van der Waals surface area contributed by atoms with Gasteiger partial charge in [-0.15, -0.1) is 0 Å². The summed E-state index contributed by atoms with van der Waals surface area (Å²) < 4.78 is 43.3. The molecule has 2 aromatic rings. The number of halogens is 3. The van der Waals surface area contributed by atoms with E-state index in [9.17, 15) is 13.2 Å². The van der Waals surface area contributed by atoms with Crippen LogP contribution in [0.3, 0.4) is 0 Å². The van der Waals surface area contributed by atoms with Gasteiger partial charge in [-0.1, -0.05) is 18.2 Å². The molecule has 106 valence electrons. The number of benzene rings is 1. The number of pyridine rings is 1. The number of ether oxygens (including phenoxy) is 1. The van der Waals surface area contributed by atoms with Gasteiger partial charge in [-0.25, -0.2) is 4.98 Å². The molecule has 0 fully saturated rings. The fourth-order valence-electron chi connectivity index (χ4n) is 1.69. The van der Waals surface area contributed by atoms with Crippen LogP contribution in [0.1, 0.15) is 11.1 Å². The first-order chi connectivity index (χ1) is 9.50. The zero-order valence-electron chi connectivity index (χ0n) is 10.7. The molecule has 2 rings (SSSR count). The molecule has 0 saturated carbocycles. The van der Waals surface area contributed by atoms with Crippen molar-refractivity contribution in [2.75, 3.05) is 7.05 Å². The van der Waals surface area contributed by atoms with Gasteiger partial charge in [-0.2, -0.15) is 13.2 Å². The summed E-state index contributed by atoms with van der Waals surface area (Å²) in [5, 5.41) is 2.97. The minimum atomic E-state index is -4.41. The Bertz CT molecular complexity index is 585. The second-order valence-corrected chi connectivity index (χ2v) is 4.12. The number of hydrogen-bond donors (Lipinski definition) is 1. The third-order valence-electron chi connectivity index (χ3n) is 2.62. The Hall–Kier alpha value is -2.08. The molecule has 20 heavy (non-hydrogen) atoms. The van der Waals surface area contributed by atoms with Crippen molar-refractivity contribution in [3.05, 3.63) is 53.7 Å². The summed E-state index contributed by atoms with van der Waals surface area (Å²) in [6.45, 7) is 0.551. The highest BCUT2D eigenvalue weighted by Gasteiger charge is 2.31. The van der Waals surface area contributed by atoms with Gasteiger partial charge in [0.15, 0.2) is 0 Å². The molecule has 0 aliphatic carbocycles. The second-order valence-electron chi connectivity index (χ2n) is 4.12. The number of para-hydroxylation sites is 1. The van der Waals surface area contributed by atoms with Gasteiger partial charge in [-0.3, -0.25) is 0 Å². The van der Waals surface area contributed by atoms with Crippen LogP contribution in [0.15, 0.2) is 42.6 Å². The molecule has 3 nitrogen and oxygen atoms in total. The number of hydrogen-bond acceptors (Lipinski definition) is 3. The zero-order valence-corrected chi connectivity index (χ0v) is 10.7. The summed E-state index contributed by atoms with van der Waals surface area (Å²) >= 11 is 0. The molecule has 6 heteroatoms. The maximum absolute atomic E-state index is 12.6. The number of aromatic nitrogens is 1. The van der Waals surface area contributed by atoms with Gasteiger partial charge in [0.1, 0.15) is 5.75 Å². The molecule has 0 spiro atoms. The highest BCUT2D eigenvalue weighted by molar-refractivity contribution is 5.36. The summed E-state index contributed by atoms with van der Waals surface area (Å²) in [6.07, 6.45) is -3.33. The van der Waals surface area contributed by atoms with Crippen LogP contribution in [0.2, 0.25) is 0 Å². The van der Waals surface area contributed by atoms with Crippen molar-refractivity contribution in [2.24, 2.45) is 0 Å². The van der Waals surface area contributed by atoms with Gasteiger partial charge in [0.2, 0.25) is 5.88 Å². The molecule has 0 unspecified atom stereocenters. The van der Waals surface area contributed by atoms with Crippen LogP contribution in [-0.4, -0.2) is 12.0 Å². The highest BCUT2D eigenvalue weighted by atomic mass is 19.4. The summed E-state index contributed by atoms with van der Waals surface area (Å²) in [5.74, 6) is 0.400. The molecular formula is C14H13F3N2O. The monoisotopic (exact) mass is 282 g/mol. The van der Waals surface area contributed by atoms with Gasteiger partial charge in [0, 0.05) is 24.4 Å². The molecule has 0 aliphatic heterocycles. The van der Waals surface area contributed by atoms with Crippen LogP contribution >= 0.6 is 0 Å². The minimum Gasteiger partial charge on any atom is -0.439 e. The standard InChI is InChI=1S/C14H13F3N2O/c1-18-9-10-4-2-3-5-12(10)20-13-8-11(6-7-19-13)14(15,16)17/h2-8,18H,9H2,1H3. The van der Waals surface area contributed by atoms with E-state index in [1.165, 1.54) is 0 Å². The van der Waals surface area contributed by atoms with Crippen molar-refractivity contribution in [1.82, 2.24) is 10.3 Å². The van der Waals surface area contributed by atoms with Crippen LogP contribution in [0.4, 0.5) is 13.2 Å². The van der Waals surface area contributed by atoms with Gasteiger partial charge in [-0.05, 0) is 19.2 Å². The van der Waals surface area contributed by atoms with Crippen LogP contribution < -0.4 is 10.1 Å². The fourth-order valence-corrected chi connectivity index (χ4v) is 1.69. The van der Waals surface area contributed by atoms with Crippen molar-refractivity contribution in [1.29, 1.82) is 0 Å². The molecule has 1 N–H and O–H groups in total. The lowest BCUT2D eigenvalue weighted by atomic mass is 10.2. The lowest BCUT2D eigenvalue weighted by Crippen LogP contribution is -2.07. The maximum Gasteiger partial charge on any atom is 0.416 e. The van der Waals surface area contributed by atoms with Crippen molar-refractivity contribution in [2.45, 2.75) is 12.7 Å². The normalized spacial score (nSPS) is 11.4. The first-order valence-corrected chi connectivity index (χ1v) is 5.94. The van der Waals surface area contributed by atoms with Gasteiger partial charge >= 0.3 is 6.18 Å². The van der Waals surface area contributed by atoms with Crippen LogP contribution in [0.25, 0.3) is 0 Å². The third-order valence-corrected chi connectivity index (χ3v) is 2.62. The quantitative estimate of drug-likeness (QED) is 0.930. The Morgan fingerprint density at radius 2 is 1.95 bits per heavy atom. The van der Waals surface area contributed by atoms with Crippen molar-refractivity contribution in [3.8, 4) is 11.6 Å². The molecule has 0 radical (unpaired) electrons. The van der Waals surface area contributed by atoms with E-state index in [2.05, 4.69) is 10.3 Å². The van der Waals surface area contributed by atoms with Crippen molar-refractivity contribution < 1.29 is 17.9 Å². The molecule has 1 heterocycles. The molecule has 0 saturated heterocycles. The molecule has 1 aromatic carbocycles. The van der Waals surface area contributed by atoms with Crippen molar-refractivity contribution >= 4 is 0 Å². The van der Waals surface area contributed by atoms with E-state index in [4.69, 9.17) is 4.74 Å². The molecule has 0 atom stereocenters. The maximum atomic E-state index is 12.6. The van der Waals surface area contributed by atoms with E-state index < -0.39 is 11.7 Å². The smallest absolute Gasteiger partial charge is 0.416 e. The summed E-state index contributed by atoms with van der Waals surface area (Å²) in [7, 11) is 1.78. The first kappa shape index (κ1) is 14.3. The van der Waals surface area contributed by atoms with E-state index in [1.807, 2.05) is 12.1 Å². The lowest BCUT2D eigenvalue weighted by Gasteiger charge is -2.11. The third kappa shape index (κ3) is 3.48. The molecule has 0 amide bonds. The van der Waals surface area contributed by atoms with Crippen LogP contribution in [0, 0.1) is 0 Å². The Morgan fingerprint density at radius 1 is 1.20 bits per heavy atom. The number of nitrogens with one attached hydrogen (secondary N) is 1. The minimum absolute atomic E-state index is 0.0802. The van der Waals surface area contributed by atoms with Gasteiger partial charge in [0.05, 0.1) is 5.56 Å².